The Labute approximate surface area is 188 Å². The van der Waals surface area contributed by atoms with E-state index in [1.807, 2.05) is 78.2 Å². The molecule has 3 heterocycles. The standard InChI is InChI=1S/C24H20N6OS/c1-2-16-8-10-18(11-9-16)25-24(31)26-19-6-3-5-17(15-19)20-12-13-22-27-28-23(30(22)29-20)21-7-4-14-32-21/h3-15H,2H2,1H3,(H2,25,26,31). The van der Waals surface area contributed by atoms with Crippen LogP contribution in [0.15, 0.2) is 78.2 Å². The quantitative estimate of drug-likeness (QED) is 0.366. The van der Waals surface area contributed by atoms with Crippen molar-refractivity contribution in [1.82, 2.24) is 19.8 Å². The number of amides is 2. The summed E-state index contributed by atoms with van der Waals surface area (Å²) in [4.78, 5) is 13.4. The van der Waals surface area contributed by atoms with E-state index in [9.17, 15) is 4.79 Å². The first kappa shape index (κ1) is 19.9. The zero-order chi connectivity index (χ0) is 21.9. The lowest BCUT2D eigenvalue weighted by Crippen LogP contribution is -2.19. The van der Waals surface area contributed by atoms with Crippen molar-refractivity contribution in [2.75, 3.05) is 10.6 Å². The number of aryl methyl sites for hydroxylation is 1. The number of aromatic nitrogens is 4. The average Bonchev–Trinajstić information content (AvgIpc) is 3.49. The van der Waals surface area contributed by atoms with E-state index in [1.165, 1.54) is 5.56 Å². The monoisotopic (exact) mass is 440 g/mol. The van der Waals surface area contributed by atoms with Crippen LogP contribution in [-0.4, -0.2) is 25.8 Å². The summed E-state index contributed by atoms with van der Waals surface area (Å²) in [5.74, 6) is 0.708. The second-order valence-corrected chi connectivity index (χ2v) is 8.15. The van der Waals surface area contributed by atoms with Crippen molar-refractivity contribution in [2.45, 2.75) is 13.3 Å². The third-order valence-electron chi connectivity index (χ3n) is 5.04. The highest BCUT2D eigenvalue weighted by Gasteiger charge is 2.12. The highest BCUT2D eigenvalue weighted by Crippen LogP contribution is 2.25. The van der Waals surface area contributed by atoms with Crippen molar-refractivity contribution in [1.29, 1.82) is 0 Å². The van der Waals surface area contributed by atoms with Crippen LogP contribution in [0.5, 0.6) is 0 Å². The van der Waals surface area contributed by atoms with Crippen LogP contribution in [0.4, 0.5) is 16.2 Å². The summed E-state index contributed by atoms with van der Waals surface area (Å²) < 4.78 is 1.74. The number of rotatable bonds is 5. The van der Waals surface area contributed by atoms with E-state index in [1.54, 1.807) is 15.9 Å². The van der Waals surface area contributed by atoms with Crippen molar-refractivity contribution in [3.8, 4) is 22.0 Å². The van der Waals surface area contributed by atoms with Crippen LogP contribution < -0.4 is 10.6 Å². The van der Waals surface area contributed by atoms with Crippen molar-refractivity contribution in [2.24, 2.45) is 0 Å². The minimum atomic E-state index is -0.298. The molecule has 2 amide bonds. The number of nitrogens with one attached hydrogen (secondary N) is 2. The maximum absolute atomic E-state index is 12.4. The van der Waals surface area contributed by atoms with Gasteiger partial charge in [-0.25, -0.2) is 4.79 Å². The van der Waals surface area contributed by atoms with Crippen molar-refractivity contribution in [3.63, 3.8) is 0 Å². The van der Waals surface area contributed by atoms with Crippen molar-refractivity contribution in [3.05, 3.63) is 83.7 Å². The Bertz CT molecular complexity index is 1380. The number of carbonyl (C=O) groups excluding carboxylic acids is 1. The fourth-order valence-corrected chi connectivity index (χ4v) is 4.07. The van der Waals surface area contributed by atoms with Crippen LogP contribution >= 0.6 is 11.3 Å². The molecular formula is C24H20N6OS. The number of urea groups is 1. The Hall–Kier alpha value is -4.04. The first-order chi connectivity index (χ1) is 15.7. The van der Waals surface area contributed by atoms with Gasteiger partial charge in [-0.3, -0.25) is 0 Å². The number of benzene rings is 2. The lowest BCUT2D eigenvalue weighted by atomic mass is 10.1. The molecule has 5 rings (SSSR count). The van der Waals surface area contributed by atoms with E-state index >= 15 is 0 Å². The SMILES string of the molecule is CCc1ccc(NC(=O)Nc2cccc(-c3ccc4nnc(-c5cccs5)n4n3)c2)cc1. The smallest absolute Gasteiger partial charge is 0.308 e. The third kappa shape index (κ3) is 4.08. The summed E-state index contributed by atoms with van der Waals surface area (Å²) in [6.07, 6.45) is 0.961. The molecule has 0 radical (unpaired) electrons. The maximum Gasteiger partial charge on any atom is 0.323 e. The molecule has 0 spiro atoms. The van der Waals surface area contributed by atoms with Gasteiger partial charge >= 0.3 is 6.03 Å². The predicted molar refractivity (Wildman–Crippen MR) is 128 cm³/mol. The summed E-state index contributed by atoms with van der Waals surface area (Å²) in [6.45, 7) is 2.10. The number of thiophene rings is 1. The van der Waals surface area contributed by atoms with Crippen LogP contribution in [0.3, 0.4) is 0 Å². The van der Waals surface area contributed by atoms with Gasteiger partial charge in [0.05, 0.1) is 10.6 Å². The molecular weight excluding hydrogens is 420 g/mol. The highest BCUT2D eigenvalue weighted by molar-refractivity contribution is 7.13. The molecule has 0 bridgehead atoms. The molecule has 8 heteroatoms. The van der Waals surface area contributed by atoms with Gasteiger partial charge in [0, 0.05) is 16.9 Å². The molecule has 2 N–H and O–H groups in total. The summed E-state index contributed by atoms with van der Waals surface area (Å²) in [6, 6.07) is 22.9. The number of fused-ring (bicyclic) bond motifs is 1. The molecule has 0 unspecified atom stereocenters. The normalized spacial score (nSPS) is 10.9. The summed E-state index contributed by atoms with van der Waals surface area (Å²) in [5.41, 5.74) is 4.96. The van der Waals surface area contributed by atoms with Gasteiger partial charge in [-0.1, -0.05) is 37.3 Å². The molecule has 0 fully saturated rings. The van der Waals surface area contributed by atoms with Gasteiger partial charge in [-0.2, -0.15) is 9.61 Å². The largest absolute Gasteiger partial charge is 0.323 e. The average molecular weight is 441 g/mol. The third-order valence-corrected chi connectivity index (χ3v) is 5.91. The molecule has 0 aliphatic heterocycles. The zero-order valence-corrected chi connectivity index (χ0v) is 18.1. The highest BCUT2D eigenvalue weighted by atomic mass is 32.1. The molecule has 0 aliphatic rings. The van der Waals surface area contributed by atoms with Crippen LogP contribution in [0.1, 0.15) is 12.5 Å². The van der Waals surface area contributed by atoms with Crippen LogP contribution in [0.25, 0.3) is 27.6 Å². The van der Waals surface area contributed by atoms with Gasteiger partial charge in [0.2, 0.25) is 0 Å². The minimum absolute atomic E-state index is 0.298. The predicted octanol–water partition coefficient (Wildman–Crippen LogP) is 5.73. The Morgan fingerprint density at radius 2 is 1.78 bits per heavy atom. The van der Waals surface area contributed by atoms with Gasteiger partial charge < -0.3 is 10.6 Å². The van der Waals surface area contributed by atoms with Crippen LogP contribution in [0, 0.1) is 0 Å². The number of anilines is 2. The fourth-order valence-electron chi connectivity index (χ4n) is 3.38. The van der Waals surface area contributed by atoms with E-state index in [0.29, 0.717) is 17.2 Å². The van der Waals surface area contributed by atoms with E-state index in [4.69, 9.17) is 5.10 Å². The summed E-state index contributed by atoms with van der Waals surface area (Å²) in [7, 11) is 0. The molecule has 0 saturated carbocycles. The summed E-state index contributed by atoms with van der Waals surface area (Å²) in [5, 5.41) is 21.0. The van der Waals surface area contributed by atoms with Gasteiger partial charge in [-0.15, -0.1) is 21.5 Å². The number of hydrogen-bond acceptors (Lipinski definition) is 5. The van der Waals surface area contributed by atoms with Crippen LogP contribution in [-0.2, 0) is 6.42 Å². The number of hydrogen-bond donors (Lipinski definition) is 2. The van der Waals surface area contributed by atoms with E-state index in [-0.39, 0.29) is 6.03 Å². The Morgan fingerprint density at radius 1 is 0.938 bits per heavy atom. The van der Waals surface area contributed by atoms with E-state index < -0.39 is 0 Å². The molecule has 0 atom stereocenters. The molecule has 2 aromatic carbocycles. The first-order valence-electron chi connectivity index (χ1n) is 10.2. The maximum atomic E-state index is 12.4. The molecule has 7 nitrogen and oxygen atoms in total. The minimum Gasteiger partial charge on any atom is -0.308 e. The van der Waals surface area contributed by atoms with Gasteiger partial charge in [0.25, 0.3) is 0 Å². The lowest BCUT2D eigenvalue weighted by molar-refractivity contribution is 0.262. The number of nitrogens with zero attached hydrogens (tertiary/aromatic N) is 4. The molecule has 3 aromatic heterocycles. The fraction of sp³-hybridized carbons (Fsp3) is 0.0833. The van der Waals surface area contributed by atoms with Gasteiger partial charge in [0.15, 0.2) is 11.5 Å². The van der Waals surface area contributed by atoms with Gasteiger partial charge in [-0.05, 0) is 59.8 Å². The molecule has 0 aliphatic carbocycles. The second-order valence-electron chi connectivity index (χ2n) is 7.20. The zero-order valence-electron chi connectivity index (χ0n) is 17.3. The Morgan fingerprint density at radius 3 is 2.56 bits per heavy atom. The lowest BCUT2D eigenvalue weighted by Gasteiger charge is -2.10. The molecule has 158 valence electrons. The number of carbonyl (C=O) groups is 1. The van der Waals surface area contributed by atoms with Crippen molar-refractivity contribution < 1.29 is 4.79 Å². The molecule has 32 heavy (non-hydrogen) atoms. The second kappa shape index (κ2) is 8.60. The van der Waals surface area contributed by atoms with Crippen LogP contribution in [0.2, 0.25) is 0 Å². The molecule has 0 saturated heterocycles. The first-order valence-corrected chi connectivity index (χ1v) is 11.1. The van der Waals surface area contributed by atoms with Crippen molar-refractivity contribution >= 4 is 34.4 Å². The topological polar surface area (TPSA) is 84.2 Å². The van der Waals surface area contributed by atoms with Gasteiger partial charge in [0.1, 0.15) is 0 Å². The molecule has 5 aromatic rings. The Balaban J connectivity index is 1.37. The van der Waals surface area contributed by atoms with E-state index in [0.717, 1.165) is 28.2 Å². The Kier molecular flexibility index (Phi) is 5.35. The summed E-state index contributed by atoms with van der Waals surface area (Å²) >= 11 is 1.59. The van der Waals surface area contributed by atoms with E-state index in [2.05, 4.69) is 27.8 Å².